The predicted molar refractivity (Wildman–Crippen MR) is 212 cm³/mol. The zero-order valence-electron chi connectivity index (χ0n) is 28.1. The van der Waals surface area contributed by atoms with Gasteiger partial charge in [0.05, 0.1) is 11.4 Å². The standard InChI is InChI=1S/C49H34N2/c1-3-13-32(14-4-1)35-19-11-20-37(27-35)46-31-47(51-49(50-46)34-17-5-2-6-18-34)38-26-25-36(28-38)43-30-45-44(42-23-10-9-22-41(42)43)29-39-21-12-24-40(48(39)45)33-15-7-8-16-33/h1-27,30-31,33H,28-29H2. The lowest BCUT2D eigenvalue weighted by molar-refractivity contribution is 1.10. The van der Waals surface area contributed by atoms with Crippen molar-refractivity contribution in [2.45, 2.75) is 18.8 Å². The van der Waals surface area contributed by atoms with Gasteiger partial charge in [-0.2, -0.15) is 0 Å². The largest absolute Gasteiger partial charge is 0.228 e. The molecule has 7 aromatic rings. The van der Waals surface area contributed by atoms with Crippen LogP contribution in [-0.2, 0) is 6.42 Å². The van der Waals surface area contributed by atoms with E-state index in [-0.39, 0.29) is 0 Å². The van der Waals surface area contributed by atoms with Crippen molar-refractivity contribution in [1.82, 2.24) is 9.97 Å². The van der Waals surface area contributed by atoms with Crippen LogP contribution in [0.1, 0.15) is 40.3 Å². The number of hydrogen-bond acceptors (Lipinski definition) is 2. The summed E-state index contributed by atoms with van der Waals surface area (Å²) in [7, 11) is 0. The highest BCUT2D eigenvalue weighted by atomic mass is 14.9. The first kappa shape index (κ1) is 29.5. The van der Waals surface area contributed by atoms with Gasteiger partial charge < -0.3 is 0 Å². The molecule has 3 aliphatic carbocycles. The van der Waals surface area contributed by atoms with Crippen LogP contribution in [-0.4, -0.2) is 9.97 Å². The van der Waals surface area contributed by atoms with E-state index in [1.807, 2.05) is 6.07 Å². The fraction of sp³-hybridized carbons (Fsp3) is 0.0612. The van der Waals surface area contributed by atoms with E-state index in [0.717, 1.165) is 41.2 Å². The van der Waals surface area contributed by atoms with Crippen LogP contribution in [0.3, 0.4) is 0 Å². The third-order valence-electron chi connectivity index (χ3n) is 10.6. The number of rotatable bonds is 6. The predicted octanol–water partition coefficient (Wildman–Crippen LogP) is 12.3. The van der Waals surface area contributed by atoms with Gasteiger partial charge in [0, 0.05) is 23.5 Å². The van der Waals surface area contributed by atoms with Crippen molar-refractivity contribution in [2.75, 3.05) is 0 Å². The molecule has 10 rings (SSSR count). The molecule has 0 N–H and O–H groups in total. The van der Waals surface area contributed by atoms with Gasteiger partial charge in [0.2, 0.25) is 0 Å². The minimum Gasteiger partial charge on any atom is -0.228 e. The summed E-state index contributed by atoms with van der Waals surface area (Å²) in [4.78, 5) is 10.3. The Morgan fingerprint density at radius 2 is 1.14 bits per heavy atom. The lowest BCUT2D eigenvalue weighted by atomic mass is 9.87. The summed E-state index contributed by atoms with van der Waals surface area (Å²) in [5.41, 5.74) is 17.2. The fourth-order valence-electron chi connectivity index (χ4n) is 8.17. The molecular weight excluding hydrogens is 617 g/mol. The minimum absolute atomic E-state index is 0.318. The summed E-state index contributed by atoms with van der Waals surface area (Å²) in [5, 5.41) is 2.67. The topological polar surface area (TPSA) is 25.8 Å². The van der Waals surface area contributed by atoms with Gasteiger partial charge in [-0.25, -0.2) is 9.97 Å². The van der Waals surface area contributed by atoms with E-state index < -0.39 is 0 Å². The maximum Gasteiger partial charge on any atom is 0.160 e. The first-order chi connectivity index (χ1) is 25.3. The summed E-state index contributed by atoms with van der Waals surface area (Å²) in [6, 6.07) is 50.0. The third-order valence-corrected chi connectivity index (χ3v) is 10.6. The van der Waals surface area contributed by atoms with Gasteiger partial charge >= 0.3 is 0 Å². The maximum absolute atomic E-state index is 5.20. The summed E-state index contributed by atoms with van der Waals surface area (Å²) < 4.78 is 0. The van der Waals surface area contributed by atoms with Crippen LogP contribution in [0, 0.1) is 0 Å². The van der Waals surface area contributed by atoms with Crippen molar-refractivity contribution < 1.29 is 0 Å². The lowest BCUT2D eigenvalue weighted by Gasteiger charge is -2.17. The molecule has 0 saturated carbocycles. The molecule has 0 amide bonds. The molecule has 0 unspecified atom stereocenters. The molecule has 0 atom stereocenters. The SMILES string of the molecule is C1=CC(c2cccc3c2-c2cc(C4=CC=C(c5cc(-c6cccc(-c7ccccc7)c6)nc(-c6ccccc6)n5)C4)c4ccccc4c2C3)C=C1. The van der Waals surface area contributed by atoms with Gasteiger partial charge in [-0.3, -0.25) is 0 Å². The number of nitrogens with zero attached hydrogens (tertiary/aromatic N) is 2. The Bertz CT molecular complexity index is 2610. The van der Waals surface area contributed by atoms with Crippen molar-refractivity contribution in [3.05, 3.63) is 204 Å². The second kappa shape index (κ2) is 12.2. The van der Waals surface area contributed by atoms with Crippen molar-refractivity contribution in [2.24, 2.45) is 0 Å². The van der Waals surface area contributed by atoms with E-state index in [2.05, 4.69) is 170 Å². The summed E-state index contributed by atoms with van der Waals surface area (Å²) >= 11 is 0. The number of fused-ring (bicyclic) bond motifs is 5. The van der Waals surface area contributed by atoms with Crippen LogP contribution in [0.2, 0.25) is 0 Å². The maximum atomic E-state index is 5.20. The van der Waals surface area contributed by atoms with Gasteiger partial charge in [0.15, 0.2) is 5.82 Å². The summed E-state index contributed by atoms with van der Waals surface area (Å²) in [6.07, 6.45) is 15.3. The molecule has 1 heterocycles. The molecule has 0 saturated heterocycles. The zero-order chi connectivity index (χ0) is 33.7. The molecule has 0 bridgehead atoms. The molecule has 0 aliphatic heterocycles. The van der Waals surface area contributed by atoms with E-state index in [1.54, 1.807) is 0 Å². The Labute approximate surface area is 298 Å². The minimum atomic E-state index is 0.318. The average molecular weight is 651 g/mol. The highest BCUT2D eigenvalue weighted by Gasteiger charge is 2.28. The number of benzene rings is 6. The average Bonchev–Trinajstić information content (AvgIpc) is 3.99. The molecule has 0 fully saturated rings. The van der Waals surface area contributed by atoms with E-state index in [0.29, 0.717) is 5.92 Å². The molecule has 0 spiro atoms. The van der Waals surface area contributed by atoms with Gasteiger partial charge in [0.25, 0.3) is 0 Å². The Hall–Kier alpha value is -6.38. The lowest BCUT2D eigenvalue weighted by Crippen LogP contribution is -1.99. The molecule has 240 valence electrons. The van der Waals surface area contributed by atoms with E-state index in [9.17, 15) is 0 Å². The first-order valence-electron chi connectivity index (χ1n) is 17.8. The molecule has 2 heteroatoms. The molecule has 2 nitrogen and oxygen atoms in total. The molecule has 51 heavy (non-hydrogen) atoms. The Kier molecular flexibility index (Phi) is 7.06. The third kappa shape index (κ3) is 5.19. The Balaban J connectivity index is 1.05. The van der Waals surface area contributed by atoms with Crippen LogP contribution in [0.4, 0.5) is 0 Å². The summed E-state index contributed by atoms with van der Waals surface area (Å²) in [6.45, 7) is 0. The molecule has 0 radical (unpaired) electrons. The first-order valence-corrected chi connectivity index (χ1v) is 17.8. The van der Waals surface area contributed by atoms with Gasteiger partial charge in [-0.15, -0.1) is 0 Å². The highest BCUT2D eigenvalue weighted by molar-refractivity contribution is 6.05. The zero-order valence-corrected chi connectivity index (χ0v) is 28.1. The second-order valence-corrected chi connectivity index (χ2v) is 13.7. The van der Waals surface area contributed by atoms with Crippen molar-refractivity contribution in [3.8, 4) is 44.9 Å². The van der Waals surface area contributed by atoms with Crippen molar-refractivity contribution in [3.63, 3.8) is 0 Å². The quantitative estimate of drug-likeness (QED) is 0.179. The molecule has 6 aromatic carbocycles. The second-order valence-electron chi connectivity index (χ2n) is 13.7. The number of hydrogen-bond donors (Lipinski definition) is 0. The fourth-order valence-corrected chi connectivity index (χ4v) is 8.17. The van der Waals surface area contributed by atoms with E-state index in [1.165, 1.54) is 66.4 Å². The van der Waals surface area contributed by atoms with E-state index >= 15 is 0 Å². The van der Waals surface area contributed by atoms with Crippen LogP contribution in [0.15, 0.2) is 176 Å². The van der Waals surface area contributed by atoms with E-state index in [4.69, 9.17) is 9.97 Å². The Morgan fingerprint density at radius 1 is 0.471 bits per heavy atom. The van der Waals surface area contributed by atoms with Crippen LogP contribution >= 0.6 is 0 Å². The van der Waals surface area contributed by atoms with Gasteiger partial charge in [-0.05, 0) is 91.0 Å². The van der Waals surface area contributed by atoms with Crippen LogP contribution in [0.25, 0.3) is 66.8 Å². The monoisotopic (exact) mass is 650 g/mol. The van der Waals surface area contributed by atoms with Crippen molar-refractivity contribution >= 4 is 21.9 Å². The molecule has 3 aliphatic rings. The Morgan fingerprint density at radius 3 is 1.96 bits per heavy atom. The van der Waals surface area contributed by atoms with Gasteiger partial charge in [-0.1, -0.05) is 158 Å². The number of allylic oxidation sites excluding steroid dienone is 8. The number of aromatic nitrogens is 2. The summed E-state index contributed by atoms with van der Waals surface area (Å²) in [5.74, 6) is 1.06. The van der Waals surface area contributed by atoms with Crippen LogP contribution in [0.5, 0.6) is 0 Å². The molecule has 1 aromatic heterocycles. The van der Waals surface area contributed by atoms with Crippen LogP contribution < -0.4 is 0 Å². The smallest absolute Gasteiger partial charge is 0.160 e. The van der Waals surface area contributed by atoms with Gasteiger partial charge in [0.1, 0.15) is 0 Å². The van der Waals surface area contributed by atoms with Crippen molar-refractivity contribution in [1.29, 1.82) is 0 Å². The normalized spacial score (nSPS) is 14.5. The molecular formula is C49H34N2. The highest BCUT2D eigenvalue weighted by Crippen LogP contribution is 2.48.